The number of nitrogens with zero attached hydrogens (tertiary/aromatic N) is 1. The summed E-state index contributed by atoms with van der Waals surface area (Å²) in [5.41, 5.74) is 8.89. The van der Waals surface area contributed by atoms with Crippen molar-refractivity contribution in [1.29, 1.82) is 0 Å². The van der Waals surface area contributed by atoms with Crippen molar-refractivity contribution in [3.05, 3.63) is 0 Å². The van der Waals surface area contributed by atoms with Gasteiger partial charge >= 0.3 is 0 Å². The summed E-state index contributed by atoms with van der Waals surface area (Å²) in [5.74, 6) is 0. The molecule has 3 N–H and O–H groups in total. The second-order valence-corrected chi connectivity index (χ2v) is 3.43. The van der Waals surface area contributed by atoms with Gasteiger partial charge in [0.2, 0.25) is 0 Å². The van der Waals surface area contributed by atoms with Gasteiger partial charge in [-0.25, -0.2) is 5.01 Å². The molecule has 0 bridgehead atoms. The lowest BCUT2D eigenvalue weighted by Crippen LogP contribution is -2.48. The standard InChI is InChI=1S/C6H14ClN3/c1-4(2)10-6(8)5(7)3-9-10/h4-6,9H,3,8H2,1-2H3. The van der Waals surface area contributed by atoms with Gasteiger partial charge in [0.25, 0.3) is 0 Å². The molecule has 2 unspecified atom stereocenters. The predicted molar refractivity (Wildman–Crippen MR) is 42.6 cm³/mol. The lowest BCUT2D eigenvalue weighted by molar-refractivity contribution is 0.145. The van der Waals surface area contributed by atoms with E-state index in [0.29, 0.717) is 6.04 Å². The van der Waals surface area contributed by atoms with Crippen LogP contribution in [0.3, 0.4) is 0 Å². The van der Waals surface area contributed by atoms with E-state index in [1.165, 1.54) is 0 Å². The Morgan fingerprint density at radius 3 is 2.50 bits per heavy atom. The molecule has 0 aromatic heterocycles. The van der Waals surface area contributed by atoms with Gasteiger partial charge in [-0.1, -0.05) is 0 Å². The van der Waals surface area contributed by atoms with Crippen molar-refractivity contribution >= 4 is 11.6 Å². The molecule has 10 heavy (non-hydrogen) atoms. The molecule has 1 aliphatic heterocycles. The number of nitrogens with one attached hydrogen (secondary N) is 1. The third kappa shape index (κ3) is 1.42. The quantitative estimate of drug-likeness (QED) is 0.540. The van der Waals surface area contributed by atoms with Crippen LogP contribution in [0.5, 0.6) is 0 Å². The molecule has 1 aliphatic rings. The summed E-state index contributed by atoms with van der Waals surface area (Å²) in [6.07, 6.45) is -0.0401. The minimum atomic E-state index is -0.0401. The van der Waals surface area contributed by atoms with E-state index in [2.05, 4.69) is 19.3 Å². The molecule has 0 saturated carbocycles. The summed E-state index contributed by atoms with van der Waals surface area (Å²) in [6.45, 7) is 4.95. The molecular formula is C6H14ClN3. The summed E-state index contributed by atoms with van der Waals surface area (Å²) in [6, 6.07) is 0.416. The first-order valence-corrected chi connectivity index (χ1v) is 3.98. The monoisotopic (exact) mass is 163 g/mol. The van der Waals surface area contributed by atoms with Crippen LogP contribution in [0.15, 0.2) is 0 Å². The zero-order chi connectivity index (χ0) is 7.72. The number of hydrogen-bond acceptors (Lipinski definition) is 3. The molecule has 3 nitrogen and oxygen atoms in total. The highest BCUT2D eigenvalue weighted by atomic mass is 35.5. The lowest BCUT2D eigenvalue weighted by atomic mass is 10.3. The van der Waals surface area contributed by atoms with Gasteiger partial charge in [-0.2, -0.15) is 0 Å². The third-order valence-electron chi connectivity index (χ3n) is 1.72. The van der Waals surface area contributed by atoms with E-state index in [-0.39, 0.29) is 11.5 Å². The van der Waals surface area contributed by atoms with Crippen molar-refractivity contribution in [2.75, 3.05) is 6.54 Å². The average molecular weight is 164 g/mol. The van der Waals surface area contributed by atoms with Crippen LogP contribution >= 0.6 is 11.6 Å². The van der Waals surface area contributed by atoms with Crippen LogP contribution in [0.2, 0.25) is 0 Å². The van der Waals surface area contributed by atoms with Gasteiger partial charge in [-0.3, -0.25) is 5.43 Å². The second-order valence-electron chi connectivity index (χ2n) is 2.87. The van der Waals surface area contributed by atoms with Crippen molar-refractivity contribution < 1.29 is 0 Å². The van der Waals surface area contributed by atoms with Crippen molar-refractivity contribution in [2.45, 2.75) is 31.4 Å². The molecule has 0 aromatic rings. The molecule has 1 saturated heterocycles. The summed E-state index contributed by atoms with van der Waals surface area (Å²) >= 11 is 5.87. The number of nitrogens with two attached hydrogens (primary N) is 1. The number of halogens is 1. The fraction of sp³-hybridized carbons (Fsp3) is 1.00. The van der Waals surface area contributed by atoms with Crippen molar-refractivity contribution in [2.24, 2.45) is 5.73 Å². The molecular weight excluding hydrogens is 150 g/mol. The lowest BCUT2D eigenvalue weighted by Gasteiger charge is -2.25. The van der Waals surface area contributed by atoms with Gasteiger partial charge in [0, 0.05) is 12.6 Å². The Morgan fingerprint density at radius 2 is 2.30 bits per heavy atom. The van der Waals surface area contributed by atoms with Crippen LogP contribution in [0.4, 0.5) is 0 Å². The van der Waals surface area contributed by atoms with Crippen LogP contribution in [-0.2, 0) is 0 Å². The highest BCUT2D eigenvalue weighted by Gasteiger charge is 2.30. The van der Waals surface area contributed by atoms with Crippen molar-refractivity contribution in [1.82, 2.24) is 10.4 Å². The maximum absolute atomic E-state index is 5.87. The molecule has 0 aliphatic carbocycles. The van der Waals surface area contributed by atoms with Crippen LogP contribution in [0.1, 0.15) is 13.8 Å². The number of alkyl halides is 1. The fourth-order valence-corrected chi connectivity index (χ4v) is 1.31. The molecule has 1 rings (SSSR count). The highest BCUT2D eigenvalue weighted by Crippen LogP contribution is 2.12. The molecule has 0 amide bonds. The molecule has 0 radical (unpaired) electrons. The Labute approximate surface area is 66.5 Å². The molecule has 1 heterocycles. The van der Waals surface area contributed by atoms with Crippen molar-refractivity contribution in [3.63, 3.8) is 0 Å². The maximum atomic E-state index is 5.87. The van der Waals surface area contributed by atoms with E-state index in [0.717, 1.165) is 6.54 Å². The average Bonchev–Trinajstić information content (AvgIpc) is 2.14. The first-order valence-electron chi connectivity index (χ1n) is 3.54. The molecule has 0 spiro atoms. The largest absolute Gasteiger partial charge is 0.313 e. The van der Waals surface area contributed by atoms with Gasteiger partial charge in [0.15, 0.2) is 0 Å². The van der Waals surface area contributed by atoms with Crippen LogP contribution in [-0.4, -0.2) is 29.1 Å². The minimum absolute atomic E-state index is 0.0401. The first kappa shape index (κ1) is 8.27. The second kappa shape index (κ2) is 3.05. The number of hydrogen-bond donors (Lipinski definition) is 2. The minimum Gasteiger partial charge on any atom is -0.313 e. The van der Waals surface area contributed by atoms with E-state index in [4.69, 9.17) is 17.3 Å². The van der Waals surface area contributed by atoms with Crippen LogP contribution < -0.4 is 11.2 Å². The van der Waals surface area contributed by atoms with E-state index in [1.807, 2.05) is 5.01 Å². The molecule has 0 aromatic carbocycles. The first-order chi connectivity index (χ1) is 4.63. The molecule has 4 heteroatoms. The smallest absolute Gasteiger partial charge is 0.0889 e. The zero-order valence-corrected chi connectivity index (χ0v) is 7.10. The van der Waals surface area contributed by atoms with Crippen LogP contribution in [0.25, 0.3) is 0 Å². The SMILES string of the molecule is CC(C)N1NCC(Cl)C1N. The van der Waals surface area contributed by atoms with E-state index in [1.54, 1.807) is 0 Å². The van der Waals surface area contributed by atoms with E-state index < -0.39 is 0 Å². The number of hydrazine groups is 1. The fourth-order valence-electron chi connectivity index (χ4n) is 1.12. The predicted octanol–water partition coefficient (Wildman–Crippen LogP) is 0.107. The molecule has 60 valence electrons. The molecule has 2 atom stereocenters. The van der Waals surface area contributed by atoms with E-state index in [9.17, 15) is 0 Å². The van der Waals surface area contributed by atoms with E-state index >= 15 is 0 Å². The van der Waals surface area contributed by atoms with Gasteiger partial charge in [0.1, 0.15) is 0 Å². The highest BCUT2D eigenvalue weighted by molar-refractivity contribution is 6.21. The van der Waals surface area contributed by atoms with Crippen LogP contribution in [0, 0.1) is 0 Å². The topological polar surface area (TPSA) is 41.3 Å². The normalized spacial score (nSPS) is 35.7. The Kier molecular flexibility index (Phi) is 2.52. The van der Waals surface area contributed by atoms with Crippen molar-refractivity contribution in [3.8, 4) is 0 Å². The summed E-state index contributed by atoms with van der Waals surface area (Å²) < 4.78 is 0. The summed E-state index contributed by atoms with van der Waals surface area (Å²) in [7, 11) is 0. The van der Waals surface area contributed by atoms with Gasteiger partial charge in [-0.15, -0.1) is 11.6 Å². The zero-order valence-electron chi connectivity index (χ0n) is 6.34. The Hall–Kier alpha value is 0.170. The van der Waals surface area contributed by atoms with Gasteiger partial charge in [-0.05, 0) is 13.8 Å². The Bertz CT molecular complexity index is 118. The summed E-state index contributed by atoms with van der Waals surface area (Å²) in [5, 5.41) is 2.03. The molecule has 1 fully saturated rings. The Morgan fingerprint density at radius 1 is 1.70 bits per heavy atom. The van der Waals surface area contributed by atoms with Gasteiger partial charge in [0.05, 0.1) is 11.5 Å². The Balaban J connectivity index is 2.49. The maximum Gasteiger partial charge on any atom is 0.0889 e. The van der Waals surface area contributed by atoms with Gasteiger partial charge < -0.3 is 5.73 Å². The third-order valence-corrected chi connectivity index (χ3v) is 2.13. The summed E-state index contributed by atoms with van der Waals surface area (Å²) in [4.78, 5) is 0. The number of rotatable bonds is 1.